The lowest BCUT2D eigenvalue weighted by atomic mass is 10.1. The molecule has 0 saturated heterocycles. The molecule has 1 aliphatic rings. The number of anilines is 1. The largest absolute Gasteiger partial charge is 0.486 e. The predicted molar refractivity (Wildman–Crippen MR) is 148 cm³/mol. The summed E-state index contributed by atoms with van der Waals surface area (Å²) >= 11 is 0. The summed E-state index contributed by atoms with van der Waals surface area (Å²) in [4.78, 5) is 27.8. The van der Waals surface area contributed by atoms with Crippen LogP contribution in [-0.2, 0) is 26.2 Å². The molecule has 40 heavy (non-hydrogen) atoms. The number of hydrogen-bond donors (Lipinski definition) is 1. The van der Waals surface area contributed by atoms with E-state index < -0.39 is 34.3 Å². The van der Waals surface area contributed by atoms with Crippen LogP contribution in [0.4, 0.5) is 10.1 Å². The molecule has 212 valence electrons. The first kappa shape index (κ1) is 28.9. The molecule has 0 unspecified atom stereocenters. The topological polar surface area (TPSA) is 105 Å². The normalized spacial score (nSPS) is 13.3. The summed E-state index contributed by atoms with van der Waals surface area (Å²) in [7, 11) is -4.34. The van der Waals surface area contributed by atoms with Crippen molar-refractivity contribution in [2.45, 2.75) is 38.3 Å². The Morgan fingerprint density at radius 2 is 1.62 bits per heavy atom. The number of amides is 2. The van der Waals surface area contributed by atoms with Gasteiger partial charge in [-0.1, -0.05) is 29.8 Å². The van der Waals surface area contributed by atoms with Crippen LogP contribution in [0.2, 0.25) is 0 Å². The van der Waals surface area contributed by atoms with Crippen LogP contribution in [-0.4, -0.2) is 57.5 Å². The van der Waals surface area contributed by atoms with Gasteiger partial charge >= 0.3 is 0 Å². The number of rotatable bonds is 10. The molecule has 2 amide bonds. The monoisotopic (exact) mass is 569 g/mol. The molecule has 0 aromatic heterocycles. The summed E-state index contributed by atoms with van der Waals surface area (Å²) in [6, 6.07) is 15.6. The van der Waals surface area contributed by atoms with Crippen molar-refractivity contribution in [1.29, 1.82) is 0 Å². The van der Waals surface area contributed by atoms with Crippen LogP contribution in [0, 0.1) is 12.7 Å². The molecule has 11 heteroatoms. The van der Waals surface area contributed by atoms with Gasteiger partial charge in [-0.05, 0) is 62.7 Å². The maximum Gasteiger partial charge on any atom is 0.264 e. The van der Waals surface area contributed by atoms with Gasteiger partial charge in [0.05, 0.1) is 10.6 Å². The summed E-state index contributed by atoms with van der Waals surface area (Å²) in [6.45, 7) is 5.74. The maximum atomic E-state index is 13.9. The van der Waals surface area contributed by atoms with Crippen molar-refractivity contribution in [3.63, 3.8) is 0 Å². The van der Waals surface area contributed by atoms with Gasteiger partial charge in [-0.3, -0.25) is 13.9 Å². The third kappa shape index (κ3) is 6.53. The van der Waals surface area contributed by atoms with Crippen molar-refractivity contribution in [1.82, 2.24) is 10.2 Å². The highest BCUT2D eigenvalue weighted by Crippen LogP contribution is 2.34. The zero-order valence-corrected chi connectivity index (χ0v) is 23.4. The Morgan fingerprint density at radius 3 is 2.27 bits per heavy atom. The Labute approximate surface area is 233 Å². The van der Waals surface area contributed by atoms with E-state index in [-0.39, 0.29) is 35.4 Å². The van der Waals surface area contributed by atoms with Crippen LogP contribution in [0.5, 0.6) is 11.5 Å². The van der Waals surface area contributed by atoms with Crippen LogP contribution in [0.1, 0.15) is 25.0 Å². The molecule has 0 aliphatic carbocycles. The molecular formula is C29H32FN3O6S. The molecule has 1 heterocycles. The first-order valence-electron chi connectivity index (χ1n) is 12.9. The Kier molecular flexibility index (Phi) is 8.93. The van der Waals surface area contributed by atoms with E-state index in [1.54, 1.807) is 13.8 Å². The summed E-state index contributed by atoms with van der Waals surface area (Å²) in [5, 5.41) is 2.72. The van der Waals surface area contributed by atoms with Crippen LogP contribution in [0.3, 0.4) is 0 Å². The Balaban J connectivity index is 1.71. The average Bonchev–Trinajstić information content (AvgIpc) is 2.95. The minimum Gasteiger partial charge on any atom is -0.486 e. The van der Waals surface area contributed by atoms with Crippen molar-refractivity contribution in [2.24, 2.45) is 0 Å². The second-order valence-electron chi connectivity index (χ2n) is 9.37. The van der Waals surface area contributed by atoms with Gasteiger partial charge in [-0.25, -0.2) is 12.8 Å². The van der Waals surface area contributed by atoms with Gasteiger partial charge in [0, 0.05) is 19.2 Å². The Morgan fingerprint density at radius 1 is 0.975 bits per heavy atom. The third-order valence-electron chi connectivity index (χ3n) is 6.49. The minimum atomic E-state index is -4.34. The van der Waals surface area contributed by atoms with Gasteiger partial charge in [-0.2, -0.15) is 0 Å². The number of carbonyl (C=O) groups excluding carboxylic acids is 2. The molecule has 9 nitrogen and oxygen atoms in total. The van der Waals surface area contributed by atoms with Gasteiger partial charge in [0.15, 0.2) is 11.5 Å². The lowest BCUT2D eigenvalue weighted by Crippen LogP contribution is -2.51. The zero-order valence-electron chi connectivity index (χ0n) is 22.6. The maximum absolute atomic E-state index is 13.9. The number of nitrogens with zero attached hydrogens (tertiary/aromatic N) is 2. The summed E-state index contributed by atoms with van der Waals surface area (Å²) in [5.41, 5.74) is 1.90. The van der Waals surface area contributed by atoms with E-state index in [1.165, 1.54) is 35.2 Å². The molecule has 3 aromatic carbocycles. The number of ether oxygens (including phenoxy) is 2. The first-order valence-corrected chi connectivity index (χ1v) is 14.3. The summed E-state index contributed by atoms with van der Waals surface area (Å²) in [5.74, 6) is -0.855. The Hall–Kier alpha value is -4.12. The van der Waals surface area contributed by atoms with Crippen molar-refractivity contribution < 1.29 is 31.9 Å². The molecular weight excluding hydrogens is 537 g/mol. The molecule has 1 aliphatic heterocycles. The number of nitrogens with one attached hydrogen (secondary N) is 1. The number of fused-ring (bicyclic) bond motifs is 1. The van der Waals surface area contributed by atoms with Crippen molar-refractivity contribution in [3.05, 3.63) is 83.7 Å². The number of carbonyl (C=O) groups is 2. The van der Waals surface area contributed by atoms with Crippen LogP contribution in [0.25, 0.3) is 0 Å². The number of benzene rings is 3. The summed E-state index contributed by atoms with van der Waals surface area (Å²) < 4.78 is 53.6. The standard InChI is InChI=1S/C29H32FN3O6S/c1-4-31-29(35)21(3)32(18-22-7-5-20(2)6-8-22)28(34)19-33(24-11-9-23(30)10-12-24)40(36,37)25-13-14-26-27(17-25)39-16-15-38-26/h5-14,17,21H,4,15-16,18-19H2,1-3H3,(H,31,35)/t21-/m1/s1. The second kappa shape index (κ2) is 12.4. The summed E-state index contributed by atoms with van der Waals surface area (Å²) in [6.07, 6.45) is 0. The smallest absolute Gasteiger partial charge is 0.264 e. The van der Waals surface area contributed by atoms with Crippen molar-refractivity contribution >= 4 is 27.5 Å². The number of hydrogen-bond acceptors (Lipinski definition) is 6. The average molecular weight is 570 g/mol. The SMILES string of the molecule is CCNC(=O)[C@@H](C)N(Cc1ccc(C)cc1)C(=O)CN(c1ccc(F)cc1)S(=O)(=O)c1ccc2c(c1)OCCO2. The highest BCUT2D eigenvalue weighted by molar-refractivity contribution is 7.92. The molecule has 0 saturated carbocycles. The molecule has 1 N–H and O–H groups in total. The number of likely N-dealkylation sites (N-methyl/N-ethyl adjacent to an activating group) is 1. The van der Waals surface area contributed by atoms with E-state index in [0.717, 1.165) is 27.6 Å². The quantitative estimate of drug-likeness (QED) is 0.400. The molecule has 0 radical (unpaired) electrons. The molecule has 3 aromatic rings. The molecule has 4 rings (SSSR count). The van der Waals surface area contributed by atoms with Crippen molar-refractivity contribution in [2.75, 3.05) is 30.6 Å². The van der Waals surface area contributed by atoms with E-state index in [2.05, 4.69) is 5.32 Å². The van der Waals surface area contributed by atoms with Crippen LogP contribution < -0.4 is 19.1 Å². The second-order valence-corrected chi connectivity index (χ2v) is 11.2. The zero-order chi connectivity index (χ0) is 28.9. The Bertz CT molecular complexity index is 1460. The lowest BCUT2D eigenvalue weighted by Gasteiger charge is -2.32. The fourth-order valence-electron chi connectivity index (χ4n) is 4.24. The van der Waals surface area contributed by atoms with E-state index in [9.17, 15) is 22.4 Å². The molecule has 0 bridgehead atoms. The van der Waals surface area contributed by atoms with E-state index in [4.69, 9.17) is 9.47 Å². The van der Waals surface area contributed by atoms with E-state index in [0.29, 0.717) is 18.9 Å². The highest BCUT2D eigenvalue weighted by Gasteiger charge is 2.33. The van der Waals surface area contributed by atoms with Gasteiger partial charge in [0.25, 0.3) is 10.0 Å². The number of halogens is 1. The fourth-order valence-corrected chi connectivity index (χ4v) is 5.67. The van der Waals surface area contributed by atoms with E-state index in [1.807, 2.05) is 31.2 Å². The molecule has 0 spiro atoms. The van der Waals surface area contributed by atoms with Gasteiger partial charge in [-0.15, -0.1) is 0 Å². The van der Waals surface area contributed by atoms with Crippen molar-refractivity contribution in [3.8, 4) is 11.5 Å². The van der Waals surface area contributed by atoms with Gasteiger partial charge in [0.2, 0.25) is 11.8 Å². The fraction of sp³-hybridized carbons (Fsp3) is 0.310. The third-order valence-corrected chi connectivity index (χ3v) is 8.26. The van der Waals surface area contributed by atoms with Gasteiger partial charge < -0.3 is 19.7 Å². The highest BCUT2D eigenvalue weighted by atomic mass is 32.2. The number of aryl methyl sites for hydroxylation is 1. The van der Waals surface area contributed by atoms with Gasteiger partial charge in [0.1, 0.15) is 31.6 Å². The first-order chi connectivity index (χ1) is 19.1. The minimum absolute atomic E-state index is 0.0821. The molecule has 0 fully saturated rings. The van der Waals surface area contributed by atoms with E-state index >= 15 is 0 Å². The molecule has 1 atom stereocenters. The number of sulfonamides is 1. The van der Waals surface area contributed by atoms with Crippen LogP contribution >= 0.6 is 0 Å². The predicted octanol–water partition coefficient (Wildman–Crippen LogP) is 3.65. The van der Waals surface area contributed by atoms with Crippen LogP contribution in [0.15, 0.2) is 71.6 Å². The lowest BCUT2D eigenvalue weighted by molar-refractivity contribution is -0.139.